The van der Waals surface area contributed by atoms with Gasteiger partial charge in [0.25, 0.3) is 0 Å². The highest BCUT2D eigenvalue weighted by Crippen LogP contribution is 2.14. The summed E-state index contributed by atoms with van der Waals surface area (Å²) in [6.45, 7) is 1.66. The average Bonchev–Trinajstić information content (AvgIpc) is 2.98. The molecule has 2 aromatic rings. The quantitative estimate of drug-likeness (QED) is 0.906. The molecule has 0 saturated heterocycles. The van der Waals surface area contributed by atoms with E-state index >= 15 is 0 Å². The molecular weight excluding hydrogens is 304 g/mol. The third-order valence-electron chi connectivity index (χ3n) is 3.91. The second-order valence-corrected chi connectivity index (χ2v) is 5.67. The fraction of sp³-hybridized carbons (Fsp3) is 0.400. The number of hydrogen-bond acceptors (Lipinski definition) is 4. The van der Waals surface area contributed by atoms with Crippen LogP contribution in [0, 0.1) is 11.6 Å². The number of carbonyl (C=O) groups is 1. The van der Waals surface area contributed by atoms with Gasteiger partial charge in [-0.3, -0.25) is 4.79 Å². The molecule has 1 aromatic carbocycles. The summed E-state index contributed by atoms with van der Waals surface area (Å²) >= 11 is 0. The Morgan fingerprint density at radius 3 is 2.91 bits per heavy atom. The molecular formula is C15H17F2N5O. The largest absolute Gasteiger partial charge is 0.333 e. The van der Waals surface area contributed by atoms with Crippen molar-refractivity contribution >= 4 is 5.91 Å². The molecule has 122 valence electrons. The van der Waals surface area contributed by atoms with Crippen molar-refractivity contribution in [2.75, 3.05) is 6.54 Å². The van der Waals surface area contributed by atoms with Crippen molar-refractivity contribution in [2.45, 2.75) is 32.0 Å². The van der Waals surface area contributed by atoms with Crippen molar-refractivity contribution < 1.29 is 13.6 Å². The summed E-state index contributed by atoms with van der Waals surface area (Å²) in [4.78, 5) is 14.0. The number of carbonyl (C=O) groups excluding carboxylic acids is 1. The summed E-state index contributed by atoms with van der Waals surface area (Å²) in [5, 5.41) is 7.78. The second-order valence-electron chi connectivity index (χ2n) is 5.67. The summed E-state index contributed by atoms with van der Waals surface area (Å²) in [7, 11) is 0. The molecule has 23 heavy (non-hydrogen) atoms. The molecule has 0 spiro atoms. The summed E-state index contributed by atoms with van der Waals surface area (Å²) in [6.07, 6.45) is 2.10. The van der Waals surface area contributed by atoms with Crippen molar-refractivity contribution in [1.82, 2.24) is 19.7 Å². The predicted molar refractivity (Wildman–Crippen MR) is 78.1 cm³/mol. The molecule has 0 bridgehead atoms. The van der Waals surface area contributed by atoms with Crippen LogP contribution in [-0.4, -0.2) is 38.2 Å². The van der Waals surface area contributed by atoms with Crippen LogP contribution in [0.2, 0.25) is 0 Å². The van der Waals surface area contributed by atoms with Gasteiger partial charge in [0, 0.05) is 25.6 Å². The second kappa shape index (κ2) is 6.41. The number of hydrogen-bond donors (Lipinski definition) is 1. The smallest absolute Gasteiger partial charge is 0.224 e. The van der Waals surface area contributed by atoms with Gasteiger partial charge in [-0.15, -0.1) is 10.2 Å². The third-order valence-corrected chi connectivity index (χ3v) is 3.91. The number of nitrogens with two attached hydrogens (primary N) is 1. The van der Waals surface area contributed by atoms with Crippen molar-refractivity contribution in [3.8, 4) is 0 Å². The van der Waals surface area contributed by atoms with Crippen LogP contribution in [0.1, 0.15) is 17.8 Å². The van der Waals surface area contributed by atoms with Gasteiger partial charge in [-0.2, -0.15) is 0 Å². The van der Waals surface area contributed by atoms with Crippen LogP contribution in [0.3, 0.4) is 0 Å². The molecule has 2 N–H and O–H groups in total. The summed E-state index contributed by atoms with van der Waals surface area (Å²) in [5.41, 5.74) is 6.55. The lowest BCUT2D eigenvalue weighted by Gasteiger charge is -2.28. The zero-order valence-corrected chi connectivity index (χ0v) is 12.5. The van der Waals surface area contributed by atoms with E-state index in [-0.39, 0.29) is 12.3 Å². The monoisotopic (exact) mass is 321 g/mol. The molecule has 1 amide bonds. The first-order valence-electron chi connectivity index (χ1n) is 7.37. The molecule has 0 radical (unpaired) electrons. The predicted octanol–water partition coefficient (Wildman–Crippen LogP) is 0.859. The highest BCUT2D eigenvalue weighted by atomic mass is 19.2. The van der Waals surface area contributed by atoms with E-state index in [2.05, 4.69) is 10.2 Å². The van der Waals surface area contributed by atoms with E-state index in [9.17, 15) is 13.6 Å². The number of aromatic nitrogens is 3. The Labute approximate surface area is 131 Å². The Bertz CT molecular complexity index is 718. The Hall–Kier alpha value is -2.35. The normalized spacial score (nSPS) is 15.3. The first-order chi connectivity index (χ1) is 11.0. The highest BCUT2D eigenvalue weighted by molar-refractivity contribution is 5.76. The molecule has 2 heterocycles. The van der Waals surface area contributed by atoms with Crippen molar-refractivity contribution in [1.29, 1.82) is 0 Å². The average molecular weight is 321 g/mol. The maximum atomic E-state index is 13.2. The lowest BCUT2D eigenvalue weighted by molar-refractivity contribution is -0.133. The van der Waals surface area contributed by atoms with Crippen LogP contribution < -0.4 is 5.73 Å². The lowest BCUT2D eigenvalue weighted by Crippen LogP contribution is -2.41. The fourth-order valence-electron chi connectivity index (χ4n) is 2.67. The molecule has 0 saturated carbocycles. The minimum absolute atomic E-state index is 0.0747. The van der Waals surface area contributed by atoms with Gasteiger partial charge >= 0.3 is 0 Å². The van der Waals surface area contributed by atoms with Gasteiger partial charge in [0.15, 0.2) is 17.5 Å². The lowest BCUT2D eigenvalue weighted by atomic mass is 10.0. The molecule has 1 unspecified atom stereocenters. The topological polar surface area (TPSA) is 77.0 Å². The van der Waals surface area contributed by atoms with E-state index in [1.54, 1.807) is 11.2 Å². The highest BCUT2D eigenvalue weighted by Gasteiger charge is 2.23. The summed E-state index contributed by atoms with van der Waals surface area (Å²) < 4.78 is 28.0. The summed E-state index contributed by atoms with van der Waals surface area (Å²) in [6, 6.07) is 3.21. The minimum Gasteiger partial charge on any atom is -0.333 e. The molecule has 8 heteroatoms. The Kier molecular flexibility index (Phi) is 4.33. The molecule has 6 nitrogen and oxygen atoms in total. The first kappa shape index (κ1) is 15.5. The van der Waals surface area contributed by atoms with Crippen LogP contribution in [0.5, 0.6) is 0 Å². The van der Waals surface area contributed by atoms with Gasteiger partial charge in [0.1, 0.15) is 6.33 Å². The first-order valence-corrected chi connectivity index (χ1v) is 7.37. The van der Waals surface area contributed by atoms with Gasteiger partial charge in [-0.05, 0) is 24.1 Å². The number of amides is 1. The van der Waals surface area contributed by atoms with E-state index in [0.29, 0.717) is 31.6 Å². The van der Waals surface area contributed by atoms with Crippen LogP contribution in [0.15, 0.2) is 24.5 Å². The van der Waals surface area contributed by atoms with Gasteiger partial charge < -0.3 is 15.2 Å². The van der Waals surface area contributed by atoms with E-state index in [1.165, 1.54) is 6.07 Å². The van der Waals surface area contributed by atoms with E-state index < -0.39 is 17.7 Å². The van der Waals surface area contributed by atoms with Crippen molar-refractivity contribution in [2.24, 2.45) is 5.73 Å². The van der Waals surface area contributed by atoms with Crippen molar-refractivity contribution in [3.63, 3.8) is 0 Å². The minimum atomic E-state index is -0.906. The SMILES string of the molecule is NC(CC(=O)N1CCn2cnnc2C1)Cc1ccc(F)c(F)c1. The maximum absolute atomic E-state index is 13.2. The number of fused-ring (bicyclic) bond motifs is 1. The molecule has 1 aliphatic heterocycles. The van der Waals surface area contributed by atoms with Crippen molar-refractivity contribution in [3.05, 3.63) is 47.5 Å². The van der Waals surface area contributed by atoms with Crippen LogP contribution in [0.25, 0.3) is 0 Å². The van der Waals surface area contributed by atoms with Gasteiger partial charge in [-0.1, -0.05) is 6.07 Å². The fourth-order valence-corrected chi connectivity index (χ4v) is 2.67. The van der Waals surface area contributed by atoms with Gasteiger partial charge in [0.05, 0.1) is 6.54 Å². The summed E-state index contributed by atoms with van der Waals surface area (Å²) in [5.74, 6) is -1.12. The van der Waals surface area contributed by atoms with Gasteiger partial charge in [0.2, 0.25) is 5.91 Å². The number of rotatable bonds is 4. The number of benzene rings is 1. The zero-order chi connectivity index (χ0) is 16.4. The number of halogens is 2. The third kappa shape index (κ3) is 3.53. The molecule has 1 atom stereocenters. The Balaban J connectivity index is 1.56. The Morgan fingerprint density at radius 1 is 1.30 bits per heavy atom. The zero-order valence-electron chi connectivity index (χ0n) is 12.5. The molecule has 1 aromatic heterocycles. The maximum Gasteiger partial charge on any atom is 0.224 e. The standard InChI is InChI=1S/C15H17F2N5O/c16-12-2-1-10(6-13(12)17)5-11(18)7-15(23)21-3-4-22-9-19-20-14(22)8-21/h1-2,6,9,11H,3-5,7-8,18H2. The van der Waals surface area contributed by atoms with E-state index in [1.807, 2.05) is 4.57 Å². The van der Waals surface area contributed by atoms with Crippen LogP contribution >= 0.6 is 0 Å². The van der Waals surface area contributed by atoms with Gasteiger partial charge in [-0.25, -0.2) is 8.78 Å². The van der Waals surface area contributed by atoms with E-state index in [4.69, 9.17) is 5.73 Å². The molecule has 0 aliphatic carbocycles. The molecule has 0 fully saturated rings. The molecule has 3 rings (SSSR count). The molecule has 1 aliphatic rings. The number of nitrogens with zero attached hydrogens (tertiary/aromatic N) is 4. The van der Waals surface area contributed by atoms with Crippen LogP contribution in [-0.2, 0) is 24.3 Å². The Morgan fingerprint density at radius 2 is 2.13 bits per heavy atom. The van der Waals surface area contributed by atoms with Crippen LogP contribution in [0.4, 0.5) is 8.78 Å². The van der Waals surface area contributed by atoms with E-state index in [0.717, 1.165) is 18.0 Å².